The van der Waals surface area contributed by atoms with Gasteiger partial charge in [0.25, 0.3) is 5.91 Å². The van der Waals surface area contributed by atoms with Gasteiger partial charge in [-0.2, -0.15) is 0 Å². The van der Waals surface area contributed by atoms with Crippen molar-refractivity contribution < 1.29 is 9.53 Å². The number of nitrogens with one attached hydrogen (secondary N) is 1. The molecule has 0 bridgehead atoms. The van der Waals surface area contributed by atoms with Crippen LogP contribution < -0.4 is 10.1 Å². The van der Waals surface area contributed by atoms with E-state index in [1.165, 1.54) is 16.7 Å². The van der Waals surface area contributed by atoms with Gasteiger partial charge in [0, 0.05) is 0 Å². The van der Waals surface area contributed by atoms with Gasteiger partial charge in [-0.1, -0.05) is 24.3 Å². The predicted octanol–water partition coefficient (Wildman–Crippen LogP) is 4.87. The number of carbonyl (C=O) groups excluding carboxylic acids is 1. The molecule has 1 N–H and O–H groups in total. The van der Waals surface area contributed by atoms with Crippen molar-refractivity contribution in [2.75, 3.05) is 0 Å². The molecule has 2 aromatic rings. The zero-order valence-electron chi connectivity index (χ0n) is 16.4. The van der Waals surface area contributed by atoms with E-state index in [9.17, 15) is 4.79 Å². The number of ether oxygens (including phenoxy) is 1. The Morgan fingerprint density at radius 1 is 0.880 bits per heavy atom. The maximum Gasteiger partial charge on any atom is 0.261 e. The summed E-state index contributed by atoms with van der Waals surface area (Å²) >= 11 is 0. The van der Waals surface area contributed by atoms with E-state index in [1.54, 1.807) is 6.92 Å². The average Bonchev–Trinajstić information content (AvgIpc) is 2.54. The van der Waals surface area contributed by atoms with Crippen LogP contribution >= 0.6 is 0 Å². The molecule has 0 saturated carbocycles. The van der Waals surface area contributed by atoms with Gasteiger partial charge in [0.2, 0.25) is 0 Å². The van der Waals surface area contributed by atoms with Crippen LogP contribution in [0.15, 0.2) is 30.3 Å². The Hall–Kier alpha value is -2.29. The number of hydrogen-bond acceptors (Lipinski definition) is 2. The van der Waals surface area contributed by atoms with Crippen molar-refractivity contribution in [3.8, 4) is 5.75 Å². The van der Waals surface area contributed by atoms with Gasteiger partial charge in [-0.15, -0.1) is 0 Å². The van der Waals surface area contributed by atoms with Crippen molar-refractivity contribution in [1.29, 1.82) is 0 Å². The molecule has 0 aliphatic carbocycles. The molecular formula is C22H29NO2. The second-order valence-electron chi connectivity index (χ2n) is 7.05. The van der Waals surface area contributed by atoms with Crippen LogP contribution in [-0.4, -0.2) is 12.0 Å². The van der Waals surface area contributed by atoms with Crippen LogP contribution in [0.2, 0.25) is 0 Å². The van der Waals surface area contributed by atoms with Crippen LogP contribution in [0.3, 0.4) is 0 Å². The third kappa shape index (κ3) is 4.62. The van der Waals surface area contributed by atoms with Crippen molar-refractivity contribution in [1.82, 2.24) is 5.32 Å². The molecule has 0 aliphatic heterocycles. The van der Waals surface area contributed by atoms with Crippen molar-refractivity contribution in [2.24, 2.45) is 0 Å². The summed E-state index contributed by atoms with van der Waals surface area (Å²) in [6, 6.07) is 10.3. The summed E-state index contributed by atoms with van der Waals surface area (Å²) in [6.45, 7) is 14.1. The second-order valence-corrected chi connectivity index (χ2v) is 7.05. The zero-order valence-corrected chi connectivity index (χ0v) is 16.4. The Labute approximate surface area is 151 Å². The average molecular weight is 339 g/mol. The SMILES string of the molecule is Cc1ccc(C)c(OC(C)C(=O)NC(C)c2cc(C)c(C)cc2C)c1. The number of aryl methyl sites for hydroxylation is 5. The molecule has 0 heterocycles. The minimum absolute atomic E-state index is 0.0588. The third-order valence-corrected chi connectivity index (χ3v) is 4.72. The van der Waals surface area contributed by atoms with E-state index in [0.29, 0.717) is 0 Å². The topological polar surface area (TPSA) is 38.3 Å². The molecule has 0 saturated heterocycles. The molecule has 2 unspecified atom stereocenters. The monoisotopic (exact) mass is 339 g/mol. The normalized spacial score (nSPS) is 13.2. The van der Waals surface area contributed by atoms with Crippen molar-refractivity contribution >= 4 is 5.91 Å². The molecule has 2 atom stereocenters. The van der Waals surface area contributed by atoms with Gasteiger partial charge in [-0.25, -0.2) is 0 Å². The largest absolute Gasteiger partial charge is 0.481 e. The molecule has 2 aromatic carbocycles. The molecule has 0 fully saturated rings. The predicted molar refractivity (Wildman–Crippen MR) is 103 cm³/mol. The summed E-state index contributed by atoms with van der Waals surface area (Å²) in [5.74, 6) is 0.656. The van der Waals surface area contributed by atoms with Crippen LogP contribution in [0.4, 0.5) is 0 Å². The van der Waals surface area contributed by atoms with Gasteiger partial charge < -0.3 is 10.1 Å². The van der Waals surface area contributed by atoms with E-state index in [1.807, 2.05) is 39.0 Å². The van der Waals surface area contributed by atoms with Gasteiger partial charge in [-0.05, 0) is 87.9 Å². The Morgan fingerprint density at radius 3 is 2.20 bits per heavy atom. The fourth-order valence-corrected chi connectivity index (χ4v) is 2.94. The lowest BCUT2D eigenvalue weighted by Gasteiger charge is -2.22. The van der Waals surface area contributed by atoms with Crippen LogP contribution in [-0.2, 0) is 4.79 Å². The fourth-order valence-electron chi connectivity index (χ4n) is 2.94. The molecule has 0 aliphatic rings. The number of rotatable bonds is 5. The van der Waals surface area contributed by atoms with Gasteiger partial charge in [-0.3, -0.25) is 4.79 Å². The van der Waals surface area contributed by atoms with Crippen molar-refractivity contribution in [2.45, 2.75) is 60.6 Å². The second kappa shape index (κ2) is 7.73. The summed E-state index contributed by atoms with van der Waals surface area (Å²) in [6.07, 6.45) is -0.546. The quantitative estimate of drug-likeness (QED) is 0.843. The minimum Gasteiger partial charge on any atom is -0.481 e. The van der Waals surface area contributed by atoms with Crippen molar-refractivity contribution in [3.63, 3.8) is 0 Å². The number of hydrogen-bond donors (Lipinski definition) is 1. The van der Waals surface area contributed by atoms with E-state index < -0.39 is 6.10 Å². The van der Waals surface area contributed by atoms with Gasteiger partial charge in [0.15, 0.2) is 6.10 Å². The zero-order chi connectivity index (χ0) is 18.7. The molecule has 2 rings (SSSR count). The van der Waals surface area contributed by atoms with Crippen LogP contribution in [0.25, 0.3) is 0 Å². The van der Waals surface area contributed by atoms with E-state index in [4.69, 9.17) is 4.74 Å². The van der Waals surface area contributed by atoms with Crippen molar-refractivity contribution in [3.05, 3.63) is 63.7 Å². The Bertz CT molecular complexity index is 780. The van der Waals surface area contributed by atoms with Gasteiger partial charge >= 0.3 is 0 Å². The molecule has 25 heavy (non-hydrogen) atoms. The summed E-state index contributed by atoms with van der Waals surface area (Å²) in [7, 11) is 0. The number of carbonyl (C=O) groups is 1. The highest BCUT2D eigenvalue weighted by Gasteiger charge is 2.19. The first-order valence-electron chi connectivity index (χ1n) is 8.81. The highest BCUT2D eigenvalue weighted by Crippen LogP contribution is 2.23. The molecule has 1 amide bonds. The molecule has 3 heteroatoms. The molecule has 0 spiro atoms. The fraction of sp³-hybridized carbons (Fsp3) is 0.409. The minimum atomic E-state index is -0.546. The van der Waals surface area contributed by atoms with Gasteiger partial charge in [0.1, 0.15) is 5.75 Å². The summed E-state index contributed by atoms with van der Waals surface area (Å²) < 4.78 is 5.89. The van der Waals surface area contributed by atoms with E-state index in [0.717, 1.165) is 22.4 Å². The van der Waals surface area contributed by atoms with E-state index in [2.05, 4.69) is 38.2 Å². The first-order chi connectivity index (χ1) is 11.7. The molecule has 3 nitrogen and oxygen atoms in total. The van der Waals surface area contributed by atoms with E-state index in [-0.39, 0.29) is 11.9 Å². The molecule has 134 valence electrons. The summed E-state index contributed by atoms with van der Waals surface area (Å²) in [5.41, 5.74) is 7.00. The lowest BCUT2D eigenvalue weighted by atomic mass is 9.96. The first-order valence-corrected chi connectivity index (χ1v) is 8.81. The third-order valence-electron chi connectivity index (χ3n) is 4.72. The maximum atomic E-state index is 12.6. The highest BCUT2D eigenvalue weighted by molar-refractivity contribution is 5.81. The standard InChI is InChI=1S/C22H29NO2/c1-13-8-9-14(2)21(10-13)25-19(7)22(24)23-18(6)20-12-16(4)15(3)11-17(20)5/h8-12,18-19H,1-7H3,(H,23,24). The molecule has 0 radical (unpaired) electrons. The Kier molecular flexibility index (Phi) is 5.89. The van der Waals surface area contributed by atoms with Gasteiger partial charge in [0.05, 0.1) is 6.04 Å². The molecule has 0 aromatic heterocycles. The van der Waals surface area contributed by atoms with Crippen LogP contribution in [0.5, 0.6) is 5.75 Å². The highest BCUT2D eigenvalue weighted by atomic mass is 16.5. The Balaban J connectivity index is 2.08. The number of amides is 1. The summed E-state index contributed by atoms with van der Waals surface area (Å²) in [5, 5.41) is 3.07. The summed E-state index contributed by atoms with van der Waals surface area (Å²) in [4.78, 5) is 12.6. The Morgan fingerprint density at radius 2 is 1.52 bits per heavy atom. The van der Waals surface area contributed by atoms with E-state index >= 15 is 0 Å². The van der Waals surface area contributed by atoms with Crippen LogP contribution in [0, 0.1) is 34.6 Å². The maximum absolute atomic E-state index is 12.6. The lowest BCUT2D eigenvalue weighted by molar-refractivity contribution is -0.127. The number of benzene rings is 2. The van der Waals surface area contributed by atoms with Crippen LogP contribution in [0.1, 0.15) is 53.3 Å². The smallest absolute Gasteiger partial charge is 0.261 e. The molecular weight excluding hydrogens is 310 g/mol. The lowest BCUT2D eigenvalue weighted by Crippen LogP contribution is -2.38. The first kappa shape index (κ1) is 19.0.